The van der Waals surface area contributed by atoms with Crippen molar-refractivity contribution in [3.63, 3.8) is 0 Å². The molecule has 0 saturated carbocycles. The average molecular weight is 326 g/mol. The summed E-state index contributed by atoms with van der Waals surface area (Å²) < 4.78 is 0. The summed E-state index contributed by atoms with van der Waals surface area (Å²) in [5.74, 6) is -0.185. The van der Waals surface area contributed by atoms with E-state index in [2.05, 4.69) is 29.7 Å². The van der Waals surface area contributed by atoms with Crippen LogP contribution < -0.4 is 10.6 Å². The molecule has 1 aromatic rings. The smallest absolute Gasteiger partial charge is 0.193 e. The molecule has 1 aromatic carbocycles. The van der Waals surface area contributed by atoms with Crippen LogP contribution in [0.25, 0.3) is 0 Å². The Hall–Kier alpha value is -2.10. The number of anilines is 2. The first kappa shape index (κ1) is 16.7. The molecule has 0 saturated heterocycles. The monoisotopic (exact) mass is 326 g/mol. The summed E-state index contributed by atoms with van der Waals surface area (Å²) in [5.41, 5.74) is 2.58. The zero-order chi connectivity index (χ0) is 17.7. The Bertz CT molecular complexity index is 757. The van der Waals surface area contributed by atoms with E-state index < -0.39 is 10.8 Å². The maximum Gasteiger partial charge on any atom is 0.193 e. The molecule has 2 N–H and O–H groups in total. The van der Waals surface area contributed by atoms with Crippen LogP contribution in [0.15, 0.2) is 29.6 Å². The molecule has 0 bridgehead atoms. The SMILES string of the molecule is CCCCc1ccc2c(c1)NC1=C(N2)C(C)(C)C(=O)C(C)(C)C1=O. The summed E-state index contributed by atoms with van der Waals surface area (Å²) >= 11 is 0. The highest BCUT2D eigenvalue weighted by Gasteiger charge is 2.53. The van der Waals surface area contributed by atoms with Gasteiger partial charge in [-0.3, -0.25) is 9.59 Å². The number of fused-ring (bicyclic) bond motifs is 1. The number of carbonyl (C=O) groups excluding carboxylic acids is 2. The normalized spacial score (nSPS) is 20.9. The van der Waals surface area contributed by atoms with Crippen molar-refractivity contribution in [2.24, 2.45) is 10.8 Å². The highest BCUT2D eigenvalue weighted by atomic mass is 16.2. The number of unbranched alkanes of at least 4 members (excludes halogenated alkanes) is 1. The van der Waals surface area contributed by atoms with Gasteiger partial charge in [0.05, 0.1) is 27.9 Å². The molecule has 1 heterocycles. The Morgan fingerprint density at radius 3 is 2.33 bits per heavy atom. The minimum atomic E-state index is -1.01. The van der Waals surface area contributed by atoms with Gasteiger partial charge in [0, 0.05) is 0 Å². The van der Waals surface area contributed by atoms with Crippen molar-refractivity contribution in [1.29, 1.82) is 0 Å². The maximum absolute atomic E-state index is 12.9. The zero-order valence-electron chi connectivity index (χ0n) is 15.2. The molecule has 0 aromatic heterocycles. The lowest BCUT2D eigenvalue weighted by Gasteiger charge is -2.43. The molecule has 0 spiro atoms. The van der Waals surface area contributed by atoms with Gasteiger partial charge in [0.25, 0.3) is 0 Å². The molecule has 1 aliphatic carbocycles. The average Bonchev–Trinajstić information content (AvgIpc) is 2.56. The van der Waals surface area contributed by atoms with Crippen molar-refractivity contribution in [1.82, 2.24) is 0 Å². The molecule has 3 rings (SSSR count). The fraction of sp³-hybridized carbons (Fsp3) is 0.500. The highest BCUT2D eigenvalue weighted by Crippen LogP contribution is 2.47. The minimum Gasteiger partial charge on any atom is -0.355 e. The minimum absolute atomic E-state index is 0.0453. The van der Waals surface area contributed by atoms with Gasteiger partial charge in [0.1, 0.15) is 5.70 Å². The van der Waals surface area contributed by atoms with E-state index in [1.807, 2.05) is 19.9 Å². The molecule has 0 atom stereocenters. The van der Waals surface area contributed by atoms with E-state index in [-0.39, 0.29) is 11.6 Å². The number of Topliss-reactive ketones (excluding diaryl/α,β-unsaturated/α-hetero) is 2. The largest absolute Gasteiger partial charge is 0.355 e. The van der Waals surface area contributed by atoms with Gasteiger partial charge < -0.3 is 10.6 Å². The van der Waals surface area contributed by atoms with Crippen LogP contribution in [0.3, 0.4) is 0 Å². The molecule has 24 heavy (non-hydrogen) atoms. The van der Waals surface area contributed by atoms with Crippen LogP contribution >= 0.6 is 0 Å². The van der Waals surface area contributed by atoms with Gasteiger partial charge in [-0.2, -0.15) is 0 Å². The zero-order valence-corrected chi connectivity index (χ0v) is 15.2. The van der Waals surface area contributed by atoms with Crippen molar-refractivity contribution in [2.45, 2.75) is 53.9 Å². The van der Waals surface area contributed by atoms with E-state index >= 15 is 0 Å². The van der Waals surface area contributed by atoms with Gasteiger partial charge in [-0.05, 0) is 58.2 Å². The van der Waals surface area contributed by atoms with Crippen molar-refractivity contribution in [3.05, 3.63) is 35.2 Å². The number of hydrogen-bond donors (Lipinski definition) is 2. The Labute approximate surface area is 143 Å². The van der Waals surface area contributed by atoms with Crippen molar-refractivity contribution in [3.8, 4) is 0 Å². The fourth-order valence-corrected chi connectivity index (χ4v) is 3.68. The molecule has 0 radical (unpaired) electrons. The third kappa shape index (κ3) is 2.36. The first-order chi connectivity index (χ1) is 11.2. The Balaban J connectivity index is 2.03. The van der Waals surface area contributed by atoms with E-state index in [9.17, 15) is 9.59 Å². The number of aryl methyl sites for hydroxylation is 1. The van der Waals surface area contributed by atoms with Crippen LogP contribution in [0, 0.1) is 10.8 Å². The summed E-state index contributed by atoms with van der Waals surface area (Å²) in [4.78, 5) is 25.7. The number of benzene rings is 1. The first-order valence-electron chi connectivity index (χ1n) is 8.71. The quantitative estimate of drug-likeness (QED) is 0.814. The van der Waals surface area contributed by atoms with Crippen LogP contribution in [0.4, 0.5) is 11.4 Å². The molecule has 0 fully saturated rings. The predicted octanol–water partition coefficient (Wildman–Crippen LogP) is 4.28. The van der Waals surface area contributed by atoms with Gasteiger partial charge in [0.2, 0.25) is 0 Å². The van der Waals surface area contributed by atoms with E-state index in [0.717, 1.165) is 30.6 Å². The van der Waals surface area contributed by atoms with Crippen LogP contribution in [0.5, 0.6) is 0 Å². The van der Waals surface area contributed by atoms with E-state index in [0.29, 0.717) is 11.4 Å². The molecular weight excluding hydrogens is 300 g/mol. The summed E-state index contributed by atoms with van der Waals surface area (Å²) in [7, 11) is 0. The predicted molar refractivity (Wildman–Crippen MR) is 96.9 cm³/mol. The standard InChI is InChI=1S/C20H26N2O2/c1-6-7-8-12-9-10-13-14(11-12)21-15-16(22-13)19(2,3)18(24)20(4,5)17(15)23/h9-11,21-22H,6-8H2,1-5H3. The second kappa shape index (κ2) is 5.47. The third-order valence-electron chi connectivity index (χ3n) is 5.23. The third-order valence-corrected chi connectivity index (χ3v) is 5.23. The number of rotatable bonds is 3. The van der Waals surface area contributed by atoms with Gasteiger partial charge in [-0.25, -0.2) is 0 Å². The van der Waals surface area contributed by atoms with Crippen LogP contribution in [0.1, 0.15) is 53.0 Å². The van der Waals surface area contributed by atoms with Crippen molar-refractivity contribution >= 4 is 22.9 Å². The second-order valence-electron chi connectivity index (χ2n) is 7.89. The fourth-order valence-electron chi connectivity index (χ4n) is 3.68. The summed E-state index contributed by atoms with van der Waals surface area (Å²) in [6.45, 7) is 9.38. The number of hydrogen-bond acceptors (Lipinski definition) is 4. The molecule has 4 heteroatoms. The molecular formula is C20H26N2O2. The van der Waals surface area contributed by atoms with Gasteiger partial charge in [0.15, 0.2) is 11.6 Å². The van der Waals surface area contributed by atoms with E-state index in [1.165, 1.54) is 5.56 Å². The summed E-state index contributed by atoms with van der Waals surface area (Å²) in [5, 5.41) is 6.66. The van der Waals surface area contributed by atoms with Gasteiger partial charge in [-0.15, -0.1) is 0 Å². The van der Waals surface area contributed by atoms with Gasteiger partial charge >= 0.3 is 0 Å². The lowest BCUT2D eigenvalue weighted by Crippen LogP contribution is -2.52. The molecule has 128 valence electrons. The van der Waals surface area contributed by atoms with E-state index in [4.69, 9.17) is 0 Å². The van der Waals surface area contributed by atoms with Crippen LogP contribution in [0.2, 0.25) is 0 Å². The number of nitrogens with one attached hydrogen (secondary N) is 2. The van der Waals surface area contributed by atoms with Crippen molar-refractivity contribution in [2.75, 3.05) is 10.6 Å². The molecule has 1 aliphatic heterocycles. The maximum atomic E-state index is 12.9. The van der Waals surface area contributed by atoms with Crippen LogP contribution in [-0.2, 0) is 16.0 Å². The Morgan fingerprint density at radius 1 is 0.958 bits per heavy atom. The summed E-state index contributed by atoms with van der Waals surface area (Å²) in [6, 6.07) is 6.24. The molecule has 2 aliphatic rings. The number of ketones is 2. The molecule has 0 unspecified atom stereocenters. The summed E-state index contributed by atoms with van der Waals surface area (Å²) in [6.07, 6.45) is 3.33. The molecule has 4 nitrogen and oxygen atoms in total. The van der Waals surface area contributed by atoms with E-state index in [1.54, 1.807) is 13.8 Å². The molecule has 0 amide bonds. The topological polar surface area (TPSA) is 58.2 Å². The lowest BCUT2D eigenvalue weighted by molar-refractivity contribution is -0.142. The Kier molecular flexibility index (Phi) is 3.82. The van der Waals surface area contributed by atoms with Gasteiger partial charge in [-0.1, -0.05) is 19.4 Å². The highest BCUT2D eigenvalue weighted by molar-refractivity contribution is 6.21. The first-order valence-corrected chi connectivity index (χ1v) is 8.71. The van der Waals surface area contributed by atoms with Crippen molar-refractivity contribution < 1.29 is 9.59 Å². The Morgan fingerprint density at radius 2 is 1.67 bits per heavy atom. The second-order valence-corrected chi connectivity index (χ2v) is 7.89. The number of carbonyl (C=O) groups is 2. The van der Waals surface area contributed by atoms with Crippen LogP contribution in [-0.4, -0.2) is 11.6 Å². The lowest BCUT2D eigenvalue weighted by atomic mass is 9.64. The number of allylic oxidation sites excluding steroid dienone is 2.